The van der Waals surface area contributed by atoms with Gasteiger partial charge in [0.15, 0.2) is 0 Å². The van der Waals surface area contributed by atoms with Crippen molar-refractivity contribution in [3.05, 3.63) is 0 Å². The molecular formula is C14H26N4. The Bertz CT molecular complexity index is 307. The summed E-state index contributed by atoms with van der Waals surface area (Å²) in [7, 11) is 2.19. The van der Waals surface area contributed by atoms with Crippen LogP contribution in [0.3, 0.4) is 0 Å². The Morgan fingerprint density at radius 3 is 2.67 bits per heavy atom. The first kappa shape index (κ1) is 13.8. The lowest BCUT2D eigenvalue weighted by molar-refractivity contribution is 0.201. The summed E-state index contributed by atoms with van der Waals surface area (Å²) in [5, 5.41) is 13.1. The Morgan fingerprint density at radius 2 is 2.06 bits per heavy atom. The van der Waals surface area contributed by atoms with Crippen LogP contribution in [0.25, 0.3) is 0 Å². The molecule has 1 aliphatic heterocycles. The molecule has 1 aliphatic carbocycles. The normalized spacial score (nSPS) is 26.3. The number of nitrogens with zero attached hydrogens (tertiary/aromatic N) is 3. The summed E-state index contributed by atoms with van der Waals surface area (Å²) in [5.41, 5.74) is -0.294. The van der Waals surface area contributed by atoms with Crippen molar-refractivity contribution in [2.75, 3.05) is 46.3 Å². The van der Waals surface area contributed by atoms with Crippen molar-refractivity contribution in [3.8, 4) is 6.07 Å². The highest BCUT2D eigenvalue weighted by molar-refractivity contribution is 5.16. The number of nitriles is 1. The first-order valence-electron chi connectivity index (χ1n) is 7.27. The second-order valence-electron chi connectivity index (χ2n) is 5.82. The summed E-state index contributed by atoms with van der Waals surface area (Å²) in [6.07, 6.45) is 3.65. The molecule has 102 valence electrons. The lowest BCUT2D eigenvalue weighted by Crippen LogP contribution is -2.54. The van der Waals surface area contributed by atoms with Gasteiger partial charge in [-0.15, -0.1) is 0 Å². The van der Waals surface area contributed by atoms with Crippen molar-refractivity contribution in [1.29, 1.82) is 5.26 Å². The average Bonchev–Trinajstić information content (AvgIpc) is 3.18. The zero-order valence-corrected chi connectivity index (χ0v) is 11.8. The second-order valence-corrected chi connectivity index (χ2v) is 5.82. The molecule has 2 aliphatic rings. The maximum atomic E-state index is 9.62. The van der Waals surface area contributed by atoms with Crippen LogP contribution in [0.4, 0.5) is 0 Å². The molecule has 0 radical (unpaired) electrons. The van der Waals surface area contributed by atoms with Crippen LogP contribution in [0.1, 0.15) is 26.2 Å². The van der Waals surface area contributed by atoms with Gasteiger partial charge in [-0.25, -0.2) is 0 Å². The predicted octanol–water partition coefficient (Wildman–Crippen LogP) is 0.906. The Balaban J connectivity index is 1.97. The lowest BCUT2D eigenvalue weighted by atomic mass is 9.94. The zero-order chi connectivity index (χ0) is 13.0. The SMILES string of the molecule is CCNC(C#N)(CN1CCCN(C)CC1)C1CC1. The van der Waals surface area contributed by atoms with E-state index in [1.807, 2.05) is 0 Å². The van der Waals surface area contributed by atoms with E-state index >= 15 is 0 Å². The summed E-state index contributed by atoms with van der Waals surface area (Å²) in [6.45, 7) is 8.42. The molecule has 1 heterocycles. The molecule has 0 aromatic carbocycles. The minimum absolute atomic E-state index is 0.294. The van der Waals surface area contributed by atoms with Gasteiger partial charge in [0.25, 0.3) is 0 Å². The first-order chi connectivity index (χ1) is 8.70. The van der Waals surface area contributed by atoms with Gasteiger partial charge in [0, 0.05) is 19.6 Å². The monoisotopic (exact) mass is 250 g/mol. The molecule has 2 rings (SSSR count). The second kappa shape index (κ2) is 6.01. The van der Waals surface area contributed by atoms with E-state index in [-0.39, 0.29) is 5.54 Å². The van der Waals surface area contributed by atoms with Crippen LogP contribution in [0.15, 0.2) is 0 Å². The molecule has 18 heavy (non-hydrogen) atoms. The molecule has 2 fully saturated rings. The van der Waals surface area contributed by atoms with Crippen LogP contribution >= 0.6 is 0 Å². The number of likely N-dealkylation sites (N-methyl/N-ethyl adjacent to an activating group) is 2. The molecule has 0 aromatic heterocycles. The van der Waals surface area contributed by atoms with E-state index < -0.39 is 0 Å². The fourth-order valence-corrected chi connectivity index (χ4v) is 3.00. The summed E-state index contributed by atoms with van der Waals surface area (Å²) in [6, 6.07) is 2.59. The van der Waals surface area contributed by atoms with Gasteiger partial charge in [0.05, 0.1) is 6.07 Å². The maximum Gasteiger partial charge on any atom is 0.122 e. The standard InChI is InChI=1S/C14H26N4/c1-3-16-14(11-15,13-5-6-13)12-18-8-4-7-17(2)9-10-18/h13,16H,3-10,12H2,1-2H3. The van der Waals surface area contributed by atoms with Crippen LogP contribution < -0.4 is 5.32 Å². The van der Waals surface area contributed by atoms with Gasteiger partial charge in [0.1, 0.15) is 5.54 Å². The number of hydrogen-bond donors (Lipinski definition) is 1. The van der Waals surface area contributed by atoms with Gasteiger partial charge in [-0.1, -0.05) is 6.92 Å². The molecule has 1 unspecified atom stereocenters. The van der Waals surface area contributed by atoms with Crippen LogP contribution in [0, 0.1) is 17.2 Å². The smallest absolute Gasteiger partial charge is 0.122 e. The molecule has 4 heteroatoms. The van der Waals surface area contributed by atoms with Crippen molar-refractivity contribution >= 4 is 0 Å². The molecule has 1 saturated carbocycles. The third-order valence-electron chi connectivity index (χ3n) is 4.25. The minimum Gasteiger partial charge on any atom is -0.305 e. The van der Waals surface area contributed by atoms with Crippen molar-refractivity contribution in [1.82, 2.24) is 15.1 Å². The molecule has 1 saturated heterocycles. The van der Waals surface area contributed by atoms with Gasteiger partial charge in [-0.05, 0) is 51.9 Å². The van der Waals surface area contributed by atoms with Crippen molar-refractivity contribution in [2.24, 2.45) is 5.92 Å². The zero-order valence-electron chi connectivity index (χ0n) is 11.8. The van der Waals surface area contributed by atoms with E-state index in [0.717, 1.165) is 32.7 Å². The summed E-state index contributed by atoms with van der Waals surface area (Å²) >= 11 is 0. The summed E-state index contributed by atoms with van der Waals surface area (Å²) in [5.74, 6) is 0.573. The topological polar surface area (TPSA) is 42.3 Å². The van der Waals surface area contributed by atoms with E-state index in [4.69, 9.17) is 0 Å². The van der Waals surface area contributed by atoms with E-state index in [1.165, 1.54) is 25.8 Å². The number of nitrogens with one attached hydrogen (secondary N) is 1. The molecule has 1 N–H and O–H groups in total. The largest absolute Gasteiger partial charge is 0.305 e. The highest BCUT2D eigenvalue weighted by Gasteiger charge is 2.46. The Morgan fingerprint density at radius 1 is 1.28 bits per heavy atom. The predicted molar refractivity (Wildman–Crippen MR) is 73.3 cm³/mol. The highest BCUT2D eigenvalue weighted by atomic mass is 15.2. The average molecular weight is 250 g/mol. The van der Waals surface area contributed by atoms with Gasteiger partial charge in [-0.3, -0.25) is 10.2 Å². The van der Waals surface area contributed by atoms with E-state index in [9.17, 15) is 5.26 Å². The fourth-order valence-electron chi connectivity index (χ4n) is 3.00. The van der Waals surface area contributed by atoms with Gasteiger partial charge in [0.2, 0.25) is 0 Å². The van der Waals surface area contributed by atoms with Crippen LogP contribution in [-0.4, -0.2) is 61.7 Å². The van der Waals surface area contributed by atoms with Crippen molar-refractivity contribution < 1.29 is 0 Å². The van der Waals surface area contributed by atoms with Gasteiger partial charge >= 0.3 is 0 Å². The lowest BCUT2D eigenvalue weighted by Gasteiger charge is -2.33. The minimum atomic E-state index is -0.294. The van der Waals surface area contributed by atoms with Gasteiger partial charge in [-0.2, -0.15) is 5.26 Å². The third kappa shape index (κ3) is 3.23. The molecule has 0 spiro atoms. The highest BCUT2D eigenvalue weighted by Crippen LogP contribution is 2.40. The molecule has 0 amide bonds. The third-order valence-corrected chi connectivity index (χ3v) is 4.25. The van der Waals surface area contributed by atoms with Crippen LogP contribution in [0.2, 0.25) is 0 Å². The van der Waals surface area contributed by atoms with E-state index in [0.29, 0.717) is 5.92 Å². The van der Waals surface area contributed by atoms with Crippen LogP contribution in [0.5, 0.6) is 0 Å². The number of hydrogen-bond acceptors (Lipinski definition) is 4. The molecule has 1 atom stereocenters. The Hall–Kier alpha value is -0.630. The van der Waals surface area contributed by atoms with Crippen LogP contribution in [-0.2, 0) is 0 Å². The van der Waals surface area contributed by atoms with E-state index in [2.05, 4.69) is 35.2 Å². The summed E-state index contributed by atoms with van der Waals surface area (Å²) < 4.78 is 0. The van der Waals surface area contributed by atoms with Crippen molar-refractivity contribution in [3.63, 3.8) is 0 Å². The first-order valence-corrected chi connectivity index (χ1v) is 7.27. The molecule has 0 bridgehead atoms. The van der Waals surface area contributed by atoms with Crippen molar-refractivity contribution in [2.45, 2.75) is 31.7 Å². The van der Waals surface area contributed by atoms with Gasteiger partial charge < -0.3 is 4.90 Å². The Kier molecular flexibility index (Phi) is 4.60. The summed E-state index contributed by atoms with van der Waals surface area (Å²) in [4.78, 5) is 4.87. The number of rotatable bonds is 5. The maximum absolute atomic E-state index is 9.62. The van der Waals surface area contributed by atoms with E-state index in [1.54, 1.807) is 0 Å². The fraction of sp³-hybridized carbons (Fsp3) is 0.929. The molecular weight excluding hydrogens is 224 g/mol. The molecule has 4 nitrogen and oxygen atoms in total. The quantitative estimate of drug-likeness (QED) is 0.787. The Labute approximate surface area is 111 Å². The molecule has 0 aromatic rings.